The lowest BCUT2D eigenvalue weighted by Gasteiger charge is -2.05. The van der Waals surface area contributed by atoms with Crippen LogP contribution in [0.15, 0.2) is 48.5 Å². The first-order valence-electron chi connectivity index (χ1n) is 6.92. The number of carbonyl (C=O) groups is 1. The third-order valence-electron chi connectivity index (χ3n) is 2.88. The van der Waals surface area contributed by atoms with Crippen molar-refractivity contribution in [3.63, 3.8) is 0 Å². The van der Waals surface area contributed by atoms with E-state index in [-0.39, 0.29) is 5.56 Å². The molecule has 0 saturated carbocycles. The van der Waals surface area contributed by atoms with Crippen LogP contribution in [-0.2, 0) is 12.4 Å². The Morgan fingerprint density at radius 3 is 1.54 bits per heavy atom. The second kappa shape index (κ2) is 9.07. The number of alkyl halides is 6. The molecule has 0 radical (unpaired) electrons. The van der Waals surface area contributed by atoms with Crippen molar-refractivity contribution in [3.05, 3.63) is 68.8 Å². The molecule has 0 fully saturated rings. The van der Waals surface area contributed by atoms with Crippen molar-refractivity contribution < 1.29 is 31.1 Å². The molecule has 2 aromatic carbocycles. The second-order valence-electron chi connectivity index (χ2n) is 4.78. The molecule has 0 aliphatic heterocycles. The molecule has 0 heterocycles. The molecule has 0 saturated heterocycles. The van der Waals surface area contributed by atoms with Crippen LogP contribution in [-0.4, -0.2) is 5.78 Å². The fraction of sp³-hybridized carbons (Fsp3) is 0.167. The van der Waals surface area contributed by atoms with Gasteiger partial charge in [0.05, 0.1) is 11.1 Å². The van der Waals surface area contributed by atoms with Gasteiger partial charge in [-0.1, -0.05) is 5.92 Å². The van der Waals surface area contributed by atoms with Gasteiger partial charge in [-0.15, -0.1) is 0 Å². The summed E-state index contributed by atoms with van der Waals surface area (Å²) in [5.74, 6) is 4.16. The van der Waals surface area contributed by atoms with Gasteiger partial charge in [-0.3, -0.25) is 4.79 Å². The van der Waals surface area contributed by atoms with E-state index in [4.69, 9.17) is 0 Å². The Bertz CT molecular complexity index is 793. The monoisotopic (exact) mass is 484 g/mol. The van der Waals surface area contributed by atoms with Crippen molar-refractivity contribution in [2.24, 2.45) is 0 Å². The highest BCUT2D eigenvalue weighted by Crippen LogP contribution is 2.29. The summed E-state index contributed by atoms with van der Waals surface area (Å²) in [5.41, 5.74) is -1.21. The molecule has 0 unspecified atom stereocenters. The summed E-state index contributed by atoms with van der Waals surface area (Å²) in [6.07, 6.45) is -8.59. The molecule has 0 aliphatic carbocycles. The fourth-order valence-electron chi connectivity index (χ4n) is 1.64. The van der Waals surface area contributed by atoms with Gasteiger partial charge >= 0.3 is 12.4 Å². The van der Waals surface area contributed by atoms with E-state index in [1.807, 2.05) is 22.6 Å². The predicted octanol–water partition coefficient (Wildman–Crippen LogP) is 6.22. The van der Waals surface area contributed by atoms with Crippen LogP contribution in [0.3, 0.4) is 0 Å². The summed E-state index contributed by atoms with van der Waals surface area (Å²) in [6, 6.07) is 8.98. The minimum absolute atomic E-state index is 0.164. The molecule has 0 N–H and O–H groups in total. The molecule has 0 aromatic heterocycles. The molecule has 1 nitrogen and oxygen atoms in total. The van der Waals surface area contributed by atoms with E-state index in [2.05, 4.69) is 11.8 Å². The Morgan fingerprint density at radius 2 is 1.19 bits per heavy atom. The number of carbonyl (C=O) groups excluding carboxylic acids is 1. The first-order chi connectivity index (χ1) is 11.9. The number of ketones is 1. The van der Waals surface area contributed by atoms with E-state index in [1.165, 1.54) is 19.1 Å². The Kier molecular flexibility index (Phi) is 7.68. The first kappa shape index (κ1) is 22.0. The average Bonchev–Trinajstić information content (AvgIpc) is 2.54. The third-order valence-corrected chi connectivity index (χ3v) is 3.60. The smallest absolute Gasteiger partial charge is 0.279 e. The van der Waals surface area contributed by atoms with E-state index < -0.39 is 29.3 Å². The number of benzene rings is 2. The highest BCUT2D eigenvalue weighted by atomic mass is 127. The maximum Gasteiger partial charge on any atom is 0.416 e. The van der Waals surface area contributed by atoms with Gasteiger partial charge in [-0.05, 0) is 84.0 Å². The van der Waals surface area contributed by atoms with Crippen LogP contribution in [0.2, 0.25) is 0 Å². The zero-order valence-corrected chi connectivity index (χ0v) is 15.3. The lowest BCUT2D eigenvalue weighted by atomic mass is 10.1. The Labute approximate surface area is 159 Å². The fourth-order valence-corrected chi connectivity index (χ4v) is 1.99. The van der Waals surface area contributed by atoms with Gasteiger partial charge in [0.1, 0.15) is 0 Å². The van der Waals surface area contributed by atoms with Crippen LogP contribution >= 0.6 is 22.6 Å². The van der Waals surface area contributed by atoms with Crippen molar-refractivity contribution in [3.8, 4) is 11.8 Å². The molecule has 2 aromatic rings. The average molecular weight is 484 g/mol. The molecular weight excluding hydrogens is 473 g/mol. The van der Waals surface area contributed by atoms with Crippen LogP contribution in [0.25, 0.3) is 0 Å². The maximum atomic E-state index is 12.2. The maximum absolute atomic E-state index is 12.2. The highest BCUT2D eigenvalue weighted by Gasteiger charge is 2.30. The zero-order valence-electron chi connectivity index (χ0n) is 13.2. The largest absolute Gasteiger partial charge is 0.416 e. The normalized spacial score (nSPS) is 10.9. The number of halogens is 7. The lowest BCUT2D eigenvalue weighted by Crippen LogP contribution is -2.05. The SMILES string of the molecule is CC#CC(=O)c1ccc(C(F)(F)F)cc1.FC(F)(F)c1ccc(I)cc1. The quantitative estimate of drug-likeness (QED) is 0.155. The van der Waals surface area contributed by atoms with E-state index in [9.17, 15) is 31.1 Å². The summed E-state index contributed by atoms with van der Waals surface area (Å²) in [6.45, 7) is 1.49. The molecule has 0 aliphatic rings. The van der Waals surface area contributed by atoms with Crippen LogP contribution < -0.4 is 0 Å². The van der Waals surface area contributed by atoms with Crippen LogP contribution in [0.4, 0.5) is 26.3 Å². The summed E-state index contributed by atoms with van der Waals surface area (Å²) >= 11 is 1.96. The van der Waals surface area contributed by atoms with Gasteiger partial charge in [0.2, 0.25) is 5.78 Å². The summed E-state index contributed by atoms with van der Waals surface area (Å²) in [7, 11) is 0. The molecule has 26 heavy (non-hydrogen) atoms. The van der Waals surface area contributed by atoms with Crippen LogP contribution in [0.1, 0.15) is 28.4 Å². The lowest BCUT2D eigenvalue weighted by molar-refractivity contribution is -0.138. The molecule has 0 bridgehead atoms. The predicted molar refractivity (Wildman–Crippen MR) is 93.4 cm³/mol. The minimum Gasteiger partial charge on any atom is -0.279 e. The Morgan fingerprint density at radius 1 is 0.808 bits per heavy atom. The van der Waals surface area contributed by atoms with Gasteiger partial charge in [0.25, 0.3) is 0 Å². The van der Waals surface area contributed by atoms with Gasteiger partial charge in [-0.2, -0.15) is 26.3 Å². The first-order valence-corrected chi connectivity index (χ1v) is 8.00. The minimum atomic E-state index is -4.38. The second-order valence-corrected chi connectivity index (χ2v) is 6.03. The molecular formula is C18H11F6IO. The van der Waals surface area contributed by atoms with Crippen LogP contribution in [0, 0.1) is 15.4 Å². The number of hydrogen-bond acceptors (Lipinski definition) is 1. The summed E-state index contributed by atoms with van der Waals surface area (Å²) in [4.78, 5) is 11.2. The van der Waals surface area contributed by atoms with Crippen molar-refractivity contribution in [1.29, 1.82) is 0 Å². The van der Waals surface area contributed by atoms with Crippen LogP contribution in [0.5, 0.6) is 0 Å². The molecule has 138 valence electrons. The molecule has 8 heteroatoms. The molecule has 2 rings (SSSR count). The number of hydrogen-bond donors (Lipinski definition) is 0. The third kappa shape index (κ3) is 7.07. The number of rotatable bonds is 1. The van der Waals surface area contributed by atoms with E-state index in [0.29, 0.717) is 0 Å². The van der Waals surface area contributed by atoms with Gasteiger partial charge in [-0.25, -0.2) is 0 Å². The van der Waals surface area contributed by atoms with Crippen molar-refractivity contribution >= 4 is 28.4 Å². The topological polar surface area (TPSA) is 17.1 Å². The van der Waals surface area contributed by atoms with E-state index in [0.717, 1.165) is 40.0 Å². The Balaban J connectivity index is 0.000000273. The van der Waals surface area contributed by atoms with Gasteiger partial charge < -0.3 is 0 Å². The molecule has 0 amide bonds. The van der Waals surface area contributed by atoms with Crippen molar-refractivity contribution in [2.45, 2.75) is 19.3 Å². The van der Waals surface area contributed by atoms with Gasteiger partial charge in [0.15, 0.2) is 0 Å². The Hall–Kier alpha value is -2.02. The molecule has 0 atom stereocenters. The van der Waals surface area contributed by atoms with E-state index in [1.54, 1.807) is 0 Å². The van der Waals surface area contributed by atoms with Crippen molar-refractivity contribution in [1.82, 2.24) is 0 Å². The van der Waals surface area contributed by atoms with E-state index >= 15 is 0 Å². The summed E-state index contributed by atoms with van der Waals surface area (Å²) < 4.78 is 73.0. The van der Waals surface area contributed by atoms with Gasteiger partial charge in [0, 0.05) is 9.13 Å². The van der Waals surface area contributed by atoms with Crippen molar-refractivity contribution in [2.75, 3.05) is 0 Å². The zero-order chi connectivity index (χ0) is 20.0. The summed E-state index contributed by atoms with van der Waals surface area (Å²) in [5, 5.41) is 0. The standard InChI is InChI=1S/C11H7F3O.C7H4F3I/c1-2-3-10(15)8-4-6-9(7-5-8)11(12,13)14;8-7(9,10)5-1-3-6(11)4-2-5/h4-7H,1H3;1-4H. The molecule has 0 spiro atoms. The number of Topliss-reactive ketones (excluding diaryl/α,β-unsaturated/α-hetero) is 1. The highest BCUT2D eigenvalue weighted by molar-refractivity contribution is 14.1.